The Kier molecular flexibility index (Phi) is 3.17. The number of rotatable bonds is 2. The molecule has 0 aliphatic heterocycles. The van der Waals surface area contributed by atoms with Gasteiger partial charge in [0, 0.05) is 16.2 Å². The highest BCUT2D eigenvalue weighted by atomic mass is 35.7. The third kappa shape index (κ3) is 2.65. The van der Waals surface area contributed by atoms with Crippen LogP contribution in [0.15, 0.2) is 53.4 Å². The standard InChI is InChI=1S/C12H8ClFO2S/c13-17(15,16)10-7-5-9(6-8-10)11-3-1-2-4-12(11)14/h1-8H. The molecule has 2 aromatic rings. The molecule has 0 heterocycles. The molecule has 2 aromatic carbocycles. The molecular formula is C12H8ClFO2S. The summed E-state index contributed by atoms with van der Waals surface area (Å²) in [4.78, 5) is -0.000689. The van der Waals surface area contributed by atoms with Gasteiger partial charge in [-0.15, -0.1) is 0 Å². The molecule has 2 nitrogen and oxygen atoms in total. The summed E-state index contributed by atoms with van der Waals surface area (Å²) in [5.74, 6) is -0.353. The van der Waals surface area contributed by atoms with Crippen LogP contribution in [0.1, 0.15) is 0 Å². The molecule has 2 rings (SSSR count). The molecule has 0 atom stereocenters. The van der Waals surface area contributed by atoms with Crippen molar-refractivity contribution in [1.29, 1.82) is 0 Å². The van der Waals surface area contributed by atoms with Crippen LogP contribution in [-0.4, -0.2) is 8.42 Å². The van der Waals surface area contributed by atoms with E-state index in [1.54, 1.807) is 18.2 Å². The van der Waals surface area contributed by atoms with Gasteiger partial charge in [0.25, 0.3) is 9.05 Å². The lowest BCUT2D eigenvalue weighted by Crippen LogP contribution is -1.90. The number of hydrogen-bond donors (Lipinski definition) is 0. The molecule has 0 aliphatic rings. The number of benzene rings is 2. The zero-order chi connectivity index (χ0) is 12.5. The lowest BCUT2D eigenvalue weighted by molar-refractivity contribution is 0.609. The van der Waals surface area contributed by atoms with Crippen LogP contribution in [0.2, 0.25) is 0 Å². The molecule has 0 aliphatic carbocycles. The summed E-state index contributed by atoms with van der Waals surface area (Å²) < 4.78 is 35.5. The van der Waals surface area contributed by atoms with Crippen molar-refractivity contribution in [3.8, 4) is 11.1 Å². The van der Waals surface area contributed by atoms with Gasteiger partial charge in [-0.3, -0.25) is 0 Å². The summed E-state index contributed by atoms with van der Waals surface area (Å²) >= 11 is 0. The quantitative estimate of drug-likeness (QED) is 0.784. The van der Waals surface area contributed by atoms with E-state index in [0.29, 0.717) is 11.1 Å². The molecule has 0 radical (unpaired) electrons. The van der Waals surface area contributed by atoms with Gasteiger partial charge in [0.15, 0.2) is 0 Å². The van der Waals surface area contributed by atoms with E-state index in [2.05, 4.69) is 0 Å². The SMILES string of the molecule is O=S(=O)(Cl)c1ccc(-c2ccccc2F)cc1. The van der Waals surface area contributed by atoms with Crippen LogP contribution in [0.25, 0.3) is 11.1 Å². The van der Waals surface area contributed by atoms with Gasteiger partial charge in [-0.25, -0.2) is 12.8 Å². The summed E-state index contributed by atoms with van der Waals surface area (Å²) in [6, 6.07) is 12.0. The fourth-order valence-electron chi connectivity index (χ4n) is 1.49. The van der Waals surface area contributed by atoms with Crippen molar-refractivity contribution in [2.24, 2.45) is 0 Å². The molecule has 0 saturated carbocycles. The maximum absolute atomic E-state index is 13.5. The molecule has 0 amide bonds. The van der Waals surface area contributed by atoms with Gasteiger partial charge >= 0.3 is 0 Å². The summed E-state index contributed by atoms with van der Waals surface area (Å²) in [5, 5.41) is 0. The van der Waals surface area contributed by atoms with E-state index in [1.807, 2.05) is 0 Å². The lowest BCUT2D eigenvalue weighted by Gasteiger charge is -2.03. The highest BCUT2D eigenvalue weighted by molar-refractivity contribution is 8.13. The Morgan fingerprint density at radius 3 is 2.06 bits per heavy atom. The maximum atomic E-state index is 13.5. The van der Waals surface area contributed by atoms with Crippen LogP contribution in [0.3, 0.4) is 0 Å². The van der Waals surface area contributed by atoms with Crippen molar-refractivity contribution in [1.82, 2.24) is 0 Å². The first-order chi connectivity index (χ1) is 7.98. The minimum absolute atomic E-state index is 0.000689. The van der Waals surface area contributed by atoms with E-state index >= 15 is 0 Å². The number of hydrogen-bond acceptors (Lipinski definition) is 2. The smallest absolute Gasteiger partial charge is 0.207 e. The fraction of sp³-hybridized carbons (Fsp3) is 0. The van der Waals surface area contributed by atoms with Crippen molar-refractivity contribution in [3.63, 3.8) is 0 Å². The Balaban J connectivity index is 2.47. The number of halogens is 2. The second kappa shape index (κ2) is 4.47. The summed E-state index contributed by atoms with van der Waals surface area (Å²) in [7, 11) is 1.45. The zero-order valence-electron chi connectivity index (χ0n) is 8.60. The first-order valence-electron chi connectivity index (χ1n) is 4.78. The van der Waals surface area contributed by atoms with Crippen LogP contribution in [0, 0.1) is 5.82 Å². The van der Waals surface area contributed by atoms with Gasteiger partial charge in [-0.05, 0) is 23.8 Å². The molecule has 0 fully saturated rings. The minimum Gasteiger partial charge on any atom is -0.207 e. The van der Waals surface area contributed by atoms with E-state index in [4.69, 9.17) is 10.7 Å². The summed E-state index contributed by atoms with van der Waals surface area (Å²) in [5.41, 5.74) is 1.03. The van der Waals surface area contributed by atoms with Gasteiger partial charge in [-0.2, -0.15) is 0 Å². The van der Waals surface area contributed by atoms with E-state index in [9.17, 15) is 12.8 Å². The van der Waals surface area contributed by atoms with Gasteiger partial charge in [0.1, 0.15) is 5.82 Å². The summed E-state index contributed by atoms with van der Waals surface area (Å²) in [6.45, 7) is 0. The van der Waals surface area contributed by atoms with Crippen molar-refractivity contribution >= 4 is 19.7 Å². The average molecular weight is 271 g/mol. The third-order valence-electron chi connectivity index (χ3n) is 2.32. The Morgan fingerprint density at radius 2 is 1.53 bits per heavy atom. The molecule has 17 heavy (non-hydrogen) atoms. The van der Waals surface area contributed by atoms with Crippen molar-refractivity contribution in [2.75, 3.05) is 0 Å². The molecule has 5 heteroatoms. The molecule has 0 bridgehead atoms. The molecule has 0 N–H and O–H groups in total. The van der Waals surface area contributed by atoms with E-state index in [1.165, 1.54) is 30.3 Å². The van der Waals surface area contributed by atoms with E-state index in [-0.39, 0.29) is 10.7 Å². The van der Waals surface area contributed by atoms with Crippen LogP contribution in [0.4, 0.5) is 4.39 Å². The highest BCUT2D eigenvalue weighted by Gasteiger charge is 2.10. The third-order valence-corrected chi connectivity index (χ3v) is 3.69. The molecular weight excluding hydrogens is 263 g/mol. The summed E-state index contributed by atoms with van der Waals surface area (Å²) in [6.07, 6.45) is 0. The Labute approximate surface area is 103 Å². The van der Waals surface area contributed by atoms with Crippen molar-refractivity contribution in [2.45, 2.75) is 4.90 Å². The average Bonchev–Trinajstić information content (AvgIpc) is 2.29. The monoisotopic (exact) mass is 270 g/mol. The van der Waals surface area contributed by atoms with E-state index in [0.717, 1.165) is 0 Å². The maximum Gasteiger partial charge on any atom is 0.261 e. The Morgan fingerprint density at radius 1 is 0.941 bits per heavy atom. The first-order valence-corrected chi connectivity index (χ1v) is 7.09. The van der Waals surface area contributed by atoms with Crippen LogP contribution < -0.4 is 0 Å². The predicted molar refractivity (Wildman–Crippen MR) is 64.9 cm³/mol. The molecule has 0 aromatic heterocycles. The van der Waals surface area contributed by atoms with Crippen LogP contribution in [-0.2, 0) is 9.05 Å². The Hall–Kier alpha value is -1.39. The van der Waals surface area contributed by atoms with Gasteiger partial charge in [0.05, 0.1) is 4.90 Å². The predicted octanol–water partition coefficient (Wildman–Crippen LogP) is 3.42. The molecule has 0 unspecified atom stereocenters. The highest BCUT2D eigenvalue weighted by Crippen LogP contribution is 2.24. The second-order valence-electron chi connectivity index (χ2n) is 3.44. The normalized spacial score (nSPS) is 11.4. The second-order valence-corrected chi connectivity index (χ2v) is 6.01. The van der Waals surface area contributed by atoms with Crippen LogP contribution >= 0.6 is 10.7 Å². The fourth-order valence-corrected chi connectivity index (χ4v) is 2.26. The molecule has 0 spiro atoms. The molecule has 88 valence electrons. The zero-order valence-corrected chi connectivity index (χ0v) is 10.2. The van der Waals surface area contributed by atoms with Crippen molar-refractivity contribution < 1.29 is 12.8 Å². The molecule has 0 saturated heterocycles. The van der Waals surface area contributed by atoms with Crippen molar-refractivity contribution in [3.05, 3.63) is 54.3 Å². The van der Waals surface area contributed by atoms with Gasteiger partial charge in [0.2, 0.25) is 0 Å². The van der Waals surface area contributed by atoms with Gasteiger partial charge < -0.3 is 0 Å². The first kappa shape index (κ1) is 12.1. The lowest BCUT2D eigenvalue weighted by atomic mass is 10.1. The van der Waals surface area contributed by atoms with E-state index < -0.39 is 9.05 Å². The van der Waals surface area contributed by atoms with Gasteiger partial charge in [-0.1, -0.05) is 30.3 Å². The van der Waals surface area contributed by atoms with Crippen LogP contribution in [0.5, 0.6) is 0 Å². The Bertz CT molecular complexity index is 636. The minimum atomic E-state index is -3.73. The topological polar surface area (TPSA) is 34.1 Å². The largest absolute Gasteiger partial charge is 0.261 e.